The van der Waals surface area contributed by atoms with Crippen LogP contribution in [0.1, 0.15) is 44.8 Å². The summed E-state index contributed by atoms with van der Waals surface area (Å²) in [7, 11) is 6.34. The number of rotatable bonds is 6. The van der Waals surface area contributed by atoms with E-state index in [-0.39, 0.29) is 11.6 Å². The highest BCUT2D eigenvalue weighted by molar-refractivity contribution is 5.15. The maximum Gasteiger partial charge on any atom is 0.105 e. The van der Waals surface area contributed by atoms with Crippen molar-refractivity contribution in [2.75, 3.05) is 20.6 Å². The molecule has 1 atom stereocenters. The van der Waals surface area contributed by atoms with Gasteiger partial charge in [-0.25, -0.2) is 4.98 Å². The third-order valence-electron chi connectivity index (χ3n) is 4.01. The van der Waals surface area contributed by atoms with Gasteiger partial charge in [0, 0.05) is 12.6 Å². The molecule has 1 unspecified atom stereocenters. The predicted octanol–water partition coefficient (Wildman–Crippen LogP) is 2.11. The Labute approximate surface area is 111 Å². The Morgan fingerprint density at radius 3 is 2.44 bits per heavy atom. The summed E-state index contributed by atoms with van der Waals surface area (Å²) in [4.78, 5) is 6.69. The third-order valence-corrected chi connectivity index (χ3v) is 4.01. The van der Waals surface area contributed by atoms with E-state index in [4.69, 9.17) is 0 Å². The topological polar surface area (TPSA) is 33.1 Å². The fourth-order valence-electron chi connectivity index (χ4n) is 2.05. The van der Waals surface area contributed by atoms with Gasteiger partial charge in [0.1, 0.15) is 5.82 Å². The lowest BCUT2D eigenvalue weighted by Crippen LogP contribution is -2.50. The summed E-state index contributed by atoms with van der Waals surface area (Å²) in [6.45, 7) is 9.79. The summed E-state index contributed by atoms with van der Waals surface area (Å²) in [6, 6.07) is 0.277. The van der Waals surface area contributed by atoms with Crippen molar-refractivity contribution in [3.63, 3.8) is 0 Å². The van der Waals surface area contributed by atoms with Crippen LogP contribution < -0.4 is 5.32 Å². The minimum atomic E-state index is 0.0371. The number of hydrogen-bond donors (Lipinski definition) is 1. The predicted molar refractivity (Wildman–Crippen MR) is 76.7 cm³/mol. The summed E-state index contributed by atoms with van der Waals surface area (Å²) >= 11 is 0. The van der Waals surface area contributed by atoms with Gasteiger partial charge in [0.15, 0.2) is 0 Å². The number of aryl methyl sites for hydroxylation is 1. The zero-order chi connectivity index (χ0) is 13.9. The van der Waals surface area contributed by atoms with E-state index in [2.05, 4.69) is 61.7 Å². The molecule has 0 fully saturated rings. The fraction of sp³-hybridized carbons (Fsp3) is 0.786. The lowest BCUT2D eigenvalue weighted by molar-refractivity contribution is 0.134. The highest BCUT2D eigenvalue weighted by Crippen LogP contribution is 2.29. The molecule has 0 saturated carbocycles. The molecule has 0 spiro atoms. The van der Waals surface area contributed by atoms with Crippen LogP contribution in [0.4, 0.5) is 0 Å². The SMILES string of the molecule is CCCNC(c1cnc(C)n1C)C(C)(C)N(C)C. The average Bonchev–Trinajstić information content (AvgIpc) is 2.61. The van der Waals surface area contributed by atoms with E-state index in [1.54, 1.807) is 0 Å². The summed E-state index contributed by atoms with van der Waals surface area (Å²) in [5.74, 6) is 1.06. The lowest BCUT2D eigenvalue weighted by atomic mass is 9.90. The van der Waals surface area contributed by atoms with E-state index in [1.165, 1.54) is 5.69 Å². The first-order valence-electron chi connectivity index (χ1n) is 6.71. The van der Waals surface area contributed by atoms with Crippen molar-refractivity contribution in [1.29, 1.82) is 0 Å². The van der Waals surface area contributed by atoms with Crippen LogP contribution in [0.25, 0.3) is 0 Å². The summed E-state index contributed by atoms with van der Waals surface area (Å²) in [6.07, 6.45) is 3.13. The summed E-state index contributed by atoms with van der Waals surface area (Å²) in [5, 5.41) is 3.66. The molecule has 4 nitrogen and oxygen atoms in total. The molecular weight excluding hydrogens is 224 g/mol. The molecule has 1 rings (SSSR count). The van der Waals surface area contributed by atoms with E-state index in [0.717, 1.165) is 18.8 Å². The van der Waals surface area contributed by atoms with Gasteiger partial charge < -0.3 is 14.8 Å². The zero-order valence-electron chi connectivity index (χ0n) is 12.9. The number of nitrogens with one attached hydrogen (secondary N) is 1. The smallest absolute Gasteiger partial charge is 0.105 e. The van der Waals surface area contributed by atoms with Crippen LogP contribution in [0, 0.1) is 6.92 Å². The van der Waals surface area contributed by atoms with Gasteiger partial charge in [-0.05, 0) is 47.8 Å². The second-order valence-electron chi connectivity index (χ2n) is 5.72. The first-order chi connectivity index (χ1) is 8.32. The van der Waals surface area contributed by atoms with Crippen LogP contribution in [-0.4, -0.2) is 40.6 Å². The van der Waals surface area contributed by atoms with Gasteiger partial charge in [-0.15, -0.1) is 0 Å². The first kappa shape index (κ1) is 15.2. The van der Waals surface area contributed by atoms with Crippen LogP contribution in [-0.2, 0) is 7.05 Å². The molecule has 0 amide bonds. The fourth-order valence-corrected chi connectivity index (χ4v) is 2.05. The van der Waals surface area contributed by atoms with Crippen LogP contribution in [0.2, 0.25) is 0 Å². The van der Waals surface area contributed by atoms with Gasteiger partial charge >= 0.3 is 0 Å². The summed E-state index contributed by atoms with van der Waals surface area (Å²) < 4.78 is 2.18. The number of aromatic nitrogens is 2. The van der Waals surface area contributed by atoms with Crippen molar-refractivity contribution < 1.29 is 0 Å². The van der Waals surface area contributed by atoms with Gasteiger partial charge in [-0.3, -0.25) is 0 Å². The van der Waals surface area contributed by atoms with Crippen molar-refractivity contribution in [3.8, 4) is 0 Å². The van der Waals surface area contributed by atoms with E-state index >= 15 is 0 Å². The monoisotopic (exact) mass is 252 g/mol. The van der Waals surface area contributed by atoms with E-state index in [9.17, 15) is 0 Å². The number of imidazole rings is 1. The molecule has 4 heteroatoms. The Kier molecular flexibility index (Phi) is 4.93. The molecule has 18 heavy (non-hydrogen) atoms. The van der Waals surface area contributed by atoms with Crippen LogP contribution in [0.15, 0.2) is 6.20 Å². The largest absolute Gasteiger partial charge is 0.334 e. The number of likely N-dealkylation sites (N-methyl/N-ethyl adjacent to an activating group) is 1. The van der Waals surface area contributed by atoms with Gasteiger partial charge in [0.05, 0.1) is 17.9 Å². The van der Waals surface area contributed by atoms with Crippen molar-refractivity contribution >= 4 is 0 Å². The van der Waals surface area contributed by atoms with Crippen LogP contribution >= 0.6 is 0 Å². The highest BCUT2D eigenvalue weighted by atomic mass is 15.2. The minimum absolute atomic E-state index is 0.0371. The molecule has 0 aliphatic rings. The molecule has 1 heterocycles. The van der Waals surface area contributed by atoms with E-state index in [1.807, 2.05) is 13.1 Å². The van der Waals surface area contributed by atoms with Gasteiger partial charge in [0.2, 0.25) is 0 Å². The van der Waals surface area contributed by atoms with Crippen molar-refractivity contribution in [3.05, 3.63) is 17.7 Å². The molecule has 0 saturated heterocycles. The quantitative estimate of drug-likeness (QED) is 0.842. The van der Waals surface area contributed by atoms with Crippen molar-refractivity contribution in [2.45, 2.75) is 45.7 Å². The van der Waals surface area contributed by atoms with Gasteiger partial charge in [-0.1, -0.05) is 6.92 Å². The molecule has 0 radical (unpaired) electrons. The van der Waals surface area contributed by atoms with Crippen LogP contribution in [0.3, 0.4) is 0 Å². The van der Waals surface area contributed by atoms with E-state index < -0.39 is 0 Å². The maximum atomic E-state index is 4.42. The maximum absolute atomic E-state index is 4.42. The Bertz CT molecular complexity index is 379. The highest BCUT2D eigenvalue weighted by Gasteiger charge is 2.34. The summed E-state index contributed by atoms with van der Waals surface area (Å²) in [5.41, 5.74) is 1.29. The second-order valence-corrected chi connectivity index (χ2v) is 5.72. The zero-order valence-corrected chi connectivity index (χ0v) is 12.9. The molecular formula is C14H28N4. The van der Waals surface area contributed by atoms with Crippen molar-refractivity contribution in [2.24, 2.45) is 7.05 Å². The molecule has 1 aromatic heterocycles. The molecule has 0 aliphatic heterocycles. The molecule has 0 aliphatic carbocycles. The lowest BCUT2D eigenvalue weighted by Gasteiger charge is -2.40. The normalized spacial score (nSPS) is 14.2. The van der Waals surface area contributed by atoms with Crippen LogP contribution in [0.5, 0.6) is 0 Å². The second kappa shape index (κ2) is 5.85. The molecule has 0 aromatic carbocycles. The average molecular weight is 252 g/mol. The third kappa shape index (κ3) is 2.93. The molecule has 0 bridgehead atoms. The Morgan fingerprint density at radius 2 is 2.06 bits per heavy atom. The van der Waals surface area contributed by atoms with E-state index in [0.29, 0.717) is 0 Å². The minimum Gasteiger partial charge on any atom is -0.334 e. The first-order valence-corrected chi connectivity index (χ1v) is 6.71. The number of nitrogens with zero attached hydrogens (tertiary/aromatic N) is 3. The molecule has 104 valence electrons. The Hall–Kier alpha value is -0.870. The molecule has 1 N–H and O–H groups in total. The van der Waals surface area contributed by atoms with Gasteiger partial charge in [-0.2, -0.15) is 0 Å². The molecule has 1 aromatic rings. The van der Waals surface area contributed by atoms with Gasteiger partial charge in [0.25, 0.3) is 0 Å². The Balaban J connectivity index is 3.09. The number of hydrogen-bond acceptors (Lipinski definition) is 3. The standard InChI is InChI=1S/C14H28N4/c1-8-9-15-13(14(3,4)17(5)6)12-10-16-11(2)18(12)7/h10,13,15H,8-9H2,1-7H3. The Morgan fingerprint density at radius 1 is 1.44 bits per heavy atom. The van der Waals surface area contributed by atoms with Crippen molar-refractivity contribution in [1.82, 2.24) is 19.8 Å².